The number of nitrogens with zero attached hydrogens (tertiary/aromatic N) is 2. The molecule has 0 atom stereocenters. The molecular formula is C2H3N3Pd. The summed E-state index contributed by atoms with van der Waals surface area (Å²) in [7, 11) is 0. The number of hydrogen-bond donors (Lipinski definition) is 1. The second-order valence-electron chi connectivity index (χ2n) is 0.660. The van der Waals surface area contributed by atoms with Crippen molar-refractivity contribution in [2.75, 3.05) is 0 Å². The first-order valence-corrected chi connectivity index (χ1v) is 1.30. The second-order valence-corrected chi connectivity index (χ2v) is 0.660. The van der Waals surface area contributed by atoms with Gasteiger partial charge in [0, 0.05) is 26.6 Å². The van der Waals surface area contributed by atoms with Crippen molar-refractivity contribution in [3.8, 4) is 0 Å². The van der Waals surface area contributed by atoms with Gasteiger partial charge >= 0.3 is 0 Å². The maximum atomic E-state index is 3.42. The van der Waals surface area contributed by atoms with Gasteiger partial charge in [-0.25, -0.2) is 0 Å². The molecule has 0 fully saturated rings. The Balaban J connectivity index is 0.000000250. The largest absolute Gasteiger partial charge is 0.266 e. The standard InChI is InChI=1S/C2H3N3.Pd/c1-2-4-5-3-1;/h1-2H,(H,3,4,5);. The molecule has 0 bridgehead atoms. The van der Waals surface area contributed by atoms with Gasteiger partial charge in [0.2, 0.25) is 0 Å². The molecule has 0 amide bonds. The van der Waals surface area contributed by atoms with E-state index in [1.807, 2.05) is 0 Å². The molecule has 1 N–H and O–H groups in total. The third kappa shape index (κ3) is 1.29. The van der Waals surface area contributed by atoms with Gasteiger partial charge in [-0.2, -0.15) is 0 Å². The second kappa shape index (κ2) is 3.01. The van der Waals surface area contributed by atoms with Crippen LogP contribution >= 0.6 is 0 Å². The summed E-state index contributed by atoms with van der Waals surface area (Å²) in [6.07, 6.45) is 3.24. The Morgan fingerprint density at radius 1 is 1.50 bits per heavy atom. The van der Waals surface area contributed by atoms with Gasteiger partial charge in [-0.15, -0.1) is 5.10 Å². The number of H-pyrrole nitrogens is 1. The molecule has 36 valence electrons. The average Bonchev–Trinajstić information content (AvgIpc) is 1.76. The van der Waals surface area contributed by atoms with Crippen molar-refractivity contribution in [1.82, 2.24) is 15.4 Å². The maximum absolute atomic E-state index is 3.42. The molecule has 1 heterocycles. The number of hydrogen-bond acceptors (Lipinski definition) is 2. The number of aromatic amines is 1. The molecule has 0 aromatic carbocycles. The van der Waals surface area contributed by atoms with E-state index >= 15 is 0 Å². The van der Waals surface area contributed by atoms with E-state index in [0.717, 1.165) is 0 Å². The van der Waals surface area contributed by atoms with Gasteiger partial charge in [0.05, 0.1) is 6.20 Å². The summed E-state index contributed by atoms with van der Waals surface area (Å²) in [5, 5.41) is 9.26. The summed E-state index contributed by atoms with van der Waals surface area (Å²) in [5.41, 5.74) is 0. The Morgan fingerprint density at radius 3 is 2.50 bits per heavy atom. The van der Waals surface area contributed by atoms with Gasteiger partial charge in [0.1, 0.15) is 0 Å². The van der Waals surface area contributed by atoms with Crippen LogP contribution in [0.1, 0.15) is 0 Å². The van der Waals surface area contributed by atoms with Crippen LogP contribution in [0.2, 0.25) is 0 Å². The van der Waals surface area contributed by atoms with Crippen LogP contribution in [0.5, 0.6) is 0 Å². The van der Waals surface area contributed by atoms with Crippen LogP contribution in [0, 0.1) is 0 Å². The molecule has 0 saturated carbocycles. The monoisotopic (exact) mass is 175 g/mol. The summed E-state index contributed by atoms with van der Waals surface area (Å²) in [6, 6.07) is 0. The molecule has 6 heavy (non-hydrogen) atoms. The van der Waals surface area contributed by atoms with Gasteiger partial charge in [-0.1, -0.05) is 5.21 Å². The van der Waals surface area contributed by atoms with Crippen LogP contribution < -0.4 is 0 Å². The predicted octanol–water partition coefficient (Wildman–Crippen LogP) is -0.198. The molecule has 0 aliphatic heterocycles. The van der Waals surface area contributed by atoms with Crippen LogP contribution in [0.4, 0.5) is 0 Å². The Labute approximate surface area is 48.8 Å². The molecule has 0 aliphatic carbocycles. The summed E-state index contributed by atoms with van der Waals surface area (Å²) >= 11 is 0. The molecule has 1 rings (SSSR count). The first-order valence-electron chi connectivity index (χ1n) is 1.30. The van der Waals surface area contributed by atoms with Crippen molar-refractivity contribution in [3.63, 3.8) is 0 Å². The van der Waals surface area contributed by atoms with E-state index in [1.165, 1.54) is 0 Å². The summed E-state index contributed by atoms with van der Waals surface area (Å²) in [6.45, 7) is 0. The van der Waals surface area contributed by atoms with Gasteiger partial charge in [-0.05, 0) is 0 Å². The molecule has 0 radical (unpaired) electrons. The topological polar surface area (TPSA) is 41.6 Å². The molecule has 3 nitrogen and oxygen atoms in total. The average molecular weight is 175 g/mol. The fraction of sp³-hybridized carbons (Fsp3) is 0. The van der Waals surface area contributed by atoms with Crippen molar-refractivity contribution in [2.24, 2.45) is 0 Å². The molecule has 1 aromatic rings. The molecule has 0 aliphatic rings. The quantitative estimate of drug-likeness (QED) is 0.555. The summed E-state index contributed by atoms with van der Waals surface area (Å²) < 4.78 is 0. The van der Waals surface area contributed by atoms with Crippen molar-refractivity contribution in [3.05, 3.63) is 12.4 Å². The first-order chi connectivity index (χ1) is 2.50. The summed E-state index contributed by atoms with van der Waals surface area (Å²) in [5.74, 6) is 0. The fourth-order valence-electron chi connectivity index (χ4n) is 0.167. The van der Waals surface area contributed by atoms with E-state index in [2.05, 4.69) is 15.4 Å². The zero-order valence-electron chi connectivity index (χ0n) is 2.87. The van der Waals surface area contributed by atoms with E-state index in [4.69, 9.17) is 0 Å². The Kier molecular flexibility index (Phi) is 2.91. The van der Waals surface area contributed by atoms with Gasteiger partial charge in [0.25, 0.3) is 0 Å². The van der Waals surface area contributed by atoms with Gasteiger partial charge in [0.15, 0.2) is 0 Å². The smallest absolute Gasteiger partial charge is 0.0690 e. The van der Waals surface area contributed by atoms with Gasteiger partial charge < -0.3 is 0 Å². The molecule has 0 saturated heterocycles. The Morgan fingerprint density at radius 2 is 2.33 bits per heavy atom. The van der Waals surface area contributed by atoms with Crippen LogP contribution in [-0.4, -0.2) is 15.4 Å². The van der Waals surface area contributed by atoms with E-state index < -0.39 is 0 Å². The zero-order chi connectivity index (χ0) is 3.54. The van der Waals surface area contributed by atoms with Crippen LogP contribution in [0.25, 0.3) is 0 Å². The normalized spacial score (nSPS) is 6.67. The predicted molar refractivity (Wildman–Crippen MR) is 16.4 cm³/mol. The minimum atomic E-state index is 0. The molecular weight excluding hydrogens is 172 g/mol. The van der Waals surface area contributed by atoms with E-state index in [1.54, 1.807) is 12.4 Å². The van der Waals surface area contributed by atoms with E-state index in [9.17, 15) is 0 Å². The number of aromatic nitrogens is 3. The van der Waals surface area contributed by atoms with E-state index in [0.29, 0.717) is 0 Å². The molecule has 0 spiro atoms. The molecule has 0 unspecified atom stereocenters. The zero-order valence-corrected chi connectivity index (χ0v) is 4.42. The SMILES string of the molecule is [Pd].c1c[nH]nn1. The third-order valence-electron chi connectivity index (χ3n) is 0.331. The van der Waals surface area contributed by atoms with E-state index in [-0.39, 0.29) is 20.4 Å². The minimum Gasteiger partial charge on any atom is -0.266 e. The number of nitrogens with one attached hydrogen (secondary N) is 1. The van der Waals surface area contributed by atoms with Crippen LogP contribution in [-0.2, 0) is 20.4 Å². The maximum Gasteiger partial charge on any atom is 0.0690 e. The first kappa shape index (κ1) is 5.80. The van der Waals surface area contributed by atoms with Crippen molar-refractivity contribution in [1.29, 1.82) is 0 Å². The van der Waals surface area contributed by atoms with Crippen molar-refractivity contribution in [2.45, 2.75) is 0 Å². The third-order valence-corrected chi connectivity index (χ3v) is 0.331. The van der Waals surface area contributed by atoms with Crippen molar-refractivity contribution < 1.29 is 20.4 Å². The van der Waals surface area contributed by atoms with Crippen LogP contribution in [0.3, 0.4) is 0 Å². The minimum absolute atomic E-state index is 0. The van der Waals surface area contributed by atoms with Gasteiger partial charge in [-0.3, -0.25) is 5.10 Å². The molecule has 4 heteroatoms. The Hall–Kier alpha value is -0.198. The fourth-order valence-corrected chi connectivity index (χ4v) is 0.167. The summed E-state index contributed by atoms with van der Waals surface area (Å²) in [4.78, 5) is 0. The number of rotatable bonds is 0. The Bertz CT molecular complexity index is 65.3. The molecule has 1 aromatic heterocycles. The van der Waals surface area contributed by atoms with Crippen molar-refractivity contribution >= 4 is 0 Å². The van der Waals surface area contributed by atoms with Crippen LogP contribution in [0.15, 0.2) is 12.4 Å².